The highest BCUT2D eigenvalue weighted by Gasteiger charge is 2.11. The van der Waals surface area contributed by atoms with E-state index in [4.69, 9.17) is 16.3 Å². The first-order chi connectivity index (χ1) is 11.6. The van der Waals surface area contributed by atoms with Gasteiger partial charge in [-0.3, -0.25) is 4.79 Å². The summed E-state index contributed by atoms with van der Waals surface area (Å²) >= 11 is 5.99. The molecule has 5 heteroatoms. The van der Waals surface area contributed by atoms with Gasteiger partial charge in [0.25, 0.3) is 5.91 Å². The Labute approximate surface area is 146 Å². The quantitative estimate of drug-likeness (QED) is 0.595. The van der Waals surface area contributed by atoms with Crippen molar-refractivity contribution in [3.05, 3.63) is 76.8 Å². The Morgan fingerprint density at radius 1 is 1.08 bits per heavy atom. The van der Waals surface area contributed by atoms with Crippen LogP contribution in [-0.2, 0) is 20.9 Å². The second kappa shape index (κ2) is 8.89. The number of halogens is 1. The number of hydrogen-bond acceptors (Lipinski definition) is 3. The Bertz CT molecular complexity index is 728. The third-order valence-electron chi connectivity index (χ3n) is 3.33. The van der Waals surface area contributed by atoms with Crippen LogP contribution >= 0.6 is 11.6 Å². The Kier molecular flexibility index (Phi) is 6.58. The van der Waals surface area contributed by atoms with Gasteiger partial charge in [-0.15, -0.1) is 0 Å². The van der Waals surface area contributed by atoms with Crippen molar-refractivity contribution in [1.82, 2.24) is 4.90 Å². The van der Waals surface area contributed by atoms with E-state index in [9.17, 15) is 9.59 Å². The second-order valence-corrected chi connectivity index (χ2v) is 5.61. The van der Waals surface area contributed by atoms with Gasteiger partial charge in [-0.2, -0.15) is 0 Å². The molecule has 1 amide bonds. The fourth-order valence-electron chi connectivity index (χ4n) is 2.00. The topological polar surface area (TPSA) is 46.6 Å². The lowest BCUT2D eigenvalue weighted by Gasteiger charge is -2.16. The van der Waals surface area contributed by atoms with Crippen LogP contribution in [0.15, 0.2) is 60.7 Å². The monoisotopic (exact) mass is 343 g/mol. The minimum atomic E-state index is -0.587. The summed E-state index contributed by atoms with van der Waals surface area (Å²) in [5, 5.41) is 0.542. The van der Waals surface area contributed by atoms with Gasteiger partial charge < -0.3 is 9.64 Å². The normalized spacial score (nSPS) is 10.6. The lowest BCUT2D eigenvalue weighted by molar-refractivity contribution is -0.147. The SMILES string of the molecule is CN(Cc1ccccc1)C(=O)COC(=O)C=Cc1ccccc1Cl. The predicted molar refractivity (Wildman–Crippen MR) is 94.4 cm³/mol. The molecule has 0 saturated heterocycles. The third kappa shape index (κ3) is 5.56. The molecule has 0 saturated carbocycles. The third-order valence-corrected chi connectivity index (χ3v) is 3.67. The van der Waals surface area contributed by atoms with Crippen molar-refractivity contribution in [2.24, 2.45) is 0 Å². The number of amides is 1. The van der Waals surface area contributed by atoms with Gasteiger partial charge in [0.2, 0.25) is 0 Å². The van der Waals surface area contributed by atoms with Crippen LogP contribution in [0, 0.1) is 0 Å². The van der Waals surface area contributed by atoms with E-state index in [1.54, 1.807) is 31.3 Å². The van der Waals surface area contributed by atoms with Crippen molar-refractivity contribution in [2.45, 2.75) is 6.54 Å². The molecule has 0 aliphatic heterocycles. The van der Waals surface area contributed by atoms with Gasteiger partial charge in [-0.1, -0.05) is 60.1 Å². The standard InChI is InChI=1S/C19H18ClNO3/c1-21(13-15-7-3-2-4-8-15)18(22)14-24-19(23)12-11-16-9-5-6-10-17(16)20/h2-12H,13-14H2,1H3. The van der Waals surface area contributed by atoms with Crippen LogP contribution in [0.2, 0.25) is 5.02 Å². The van der Waals surface area contributed by atoms with Gasteiger partial charge in [0.1, 0.15) is 0 Å². The molecule has 0 heterocycles. The molecule has 0 aliphatic rings. The lowest BCUT2D eigenvalue weighted by Crippen LogP contribution is -2.30. The molecule has 24 heavy (non-hydrogen) atoms. The minimum absolute atomic E-state index is 0.265. The van der Waals surface area contributed by atoms with Crippen LogP contribution < -0.4 is 0 Å². The van der Waals surface area contributed by atoms with Crippen molar-refractivity contribution in [3.63, 3.8) is 0 Å². The molecule has 0 aromatic heterocycles. The number of carbonyl (C=O) groups is 2. The van der Waals surface area contributed by atoms with Crippen molar-refractivity contribution < 1.29 is 14.3 Å². The first-order valence-electron chi connectivity index (χ1n) is 7.43. The first kappa shape index (κ1) is 17.8. The van der Waals surface area contributed by atoms with Crippen molar-refractivity contribution in [3.8, 4) is 0 Å². The maximum absolute atomic E-state index is 12.0. The van der Waals surface area contributed by atoms with E-state index in [1.807, 2.05) is 36.4 Å². The molecule has 2 aromatic rings. The zero-order valence-electron chi connectivity index (χ0n) is 13.3. The number of likely N-dealkylation sites (N-methyl/N-ethyl adjacent to an activating group) is 1. The summed E-state index contributed by atoms with van der Waals surface area (Å²) in [6, 6.07) is 16.7. The molecule has 0 spiro atoms. The first-order valence-corrected chi connectivity index (χ1v) is 7.81. The number of hydrogen-bond donors (Lipinski definition) is 0. The average molecular weight is 344 g/mol. The molecule has 2 rings (SSSR count). The molecule has 0 N–H and O–H groups in total. The van der Waals surface area contributed by atoms with Gasteiger partial charge in [0, 0.05) is 24.7 Å². The predicted octanol–water partition coefficient (Wildman–Crippen LogP) is 3.56. The molecule has 124 valence electrons. The van der Waals surface area contributed by atoms with Crippen molar-refractivity contribution in [1.29, 1.82) is 0 Å². The highest BCUT2D eigenvalue weighted by Crippen LogP contribution is 2.16. The molecule has 4 nitrogen and oxygen atoms in total. The van der Waals surface area contributed by atoms with Gasteiger partial charge in [-0.25, -0.2) is 4.79 Å². The zero-order chi connectivity index (χ0) is 17.4. The zero-order valence-corrected chi connectivity index (χ0v) is 14.1. The second-order valence-electron chi connectivity index (χ2n) is 5.20. The fraction of sp³-hybridized carbons (Fsp3) is 0.158. The lowest BCUT2D eigenvalue weighted by atomic mass is 10.2. The highest BCUT2D eigenvalue weighted by atomic mass is 35.5. The van der Waals surface area contributed by atoms with Crippen LogP contribution in [0.5, 0.6) is 0 Å². The number of carbonyl (C=O) groups excluding carboxylic acids is 2. The smallest absolute Gasteiger partial charge is 0.331 e. The van der Waals surface area contributed by atoms with Gasteiger partial charge >= 0.3 is 5.97 Å². The Morgan fingerprint density at radius 3 is 2.46 bits per heavy atom. The maximum atomic E-state index is 12.0. The summed E-state index contributed by atoms with van der Waals surface area (Å²) in [5.41, 5.74) is 1.72. The number of ether oxygens (including phenoxy) is 1. The summed E-state index contributed by atoms with van der Waals surface area (Å²) < 4.78 is 4.96. The summed E-state index contributed by atoms with van der Waals surface area (Å²) in [4.78, 5) is 25.2. The molecule has 0 atom stereocenters. The molecule has 0 bridgehead atoms. The largest absolute Gasteiger partial charge is 0.452 e. The maximum Gasteiger partial charge on any atom is 0.331 e. The minimum Gasteiger partial charge on any atom is -0.452 e. The van der Waals surface area contributed by atoms with Gasteiger partial charge in [0.15, 0.2) is 6.61 Å². The van der Waals surface area contributed by atoms with Crippen LogP contribution in [0.25, 0.3) is 6.08 Å². The Hall–Kier alpha value is -2.59. The van der Waals surface area contributed by atoms with Crippen LogP contribution in [0.4, 0.5) is 0 Å². The number of esters is 1. The number of rotatable bonds is 6. The van der Waals surface area contributed by atoms with E-state index in [1.165, 1.54) is 11.0 Å². The van der Waals surface area contributed by atoms with E-state index in [0.717, 1.165) is 5.56 Å². The Morgan fingerprint density at radius 2 is 1.75 bits per heavy atom. The highest BCUT2D eigenvalue weighted by molar-refractivity contribution is 6.32. The summed E-state index contributed by atoms with van der Waals surface area (Å²) in [6.07, 6.45) is 2.81. The molecular weight excluding hydrogens is 326 g/mol. The Balaban J connectivity index is 1.80. The molecule has 0 aliphatic carbocycles. The van der Waals surface area contributed by atoms with Crippen molar-refractivity contribution in [2.75, 3.05) is 13.7 Å². The summed E-state index contributed by atoms with van der Waals surface area (Å²) in [6.45, 7) is 0.168. The molecule has 0 unspecified atom stereocenters. The molecule has 2 aromatic carbocycles. The van der Waals surface area contributed by atoms with Crippen LogP contribution in [0.3, 0.4) is 0 Å². The van der Waals surface area contributed by atoms with E-state index in [-0.39, 0.29) is 12.5 Å². The van der Waals surface area contributed by atoms with Gasteiger partial charge in [-0.05, 0) is 23.3 Å². The van der Waals surface area contributed by atoms with Gasteiger partial charge in [0.05, 0.1) is 0 Å². The number of nitrogens with zero attached hydrogens (tertiary/aromatic N) is 1. The summed E-state index contributed by atoms with van der Waals surface area (Å²) in [5.74, 6) is -0.852. The van der Waals surface area contributed by atoms with E-state index >= 15 is 0 Å². The summed E-state index contributed by atoms with van der Waals surface area (Å²) in [7, 11) is 1.67. The fourth-order valence-corrected chi connectivity index (χ4v) is 2.20. The number of benzene rings is 2. The van der Waals surface area contributed by atoms with E-state index in [0.29, 0.717) is 17.1 Å². The van der Waals surface area contributed by atoms with Crippen molar-refractivity contribution >= 4 is 29.6 Å². The molecular formula is C19H18ClNO3. The van der Waals surface area contributed by atoms with Crippen LogP contribution in [-0.4, -0.2) is 30.4 Å². The molecule has 0 fully saturated rings. The van der Waals surface area contributed by atoms with E-state index in [2.05, 4.69) is 0 Å². The van der Waals surface area contributed by atoms with Crippen LogP contribution in [0.1, 0.15) is 11.1 Å². The average Bonchev–Trinajstić information content (AvgIpc) is 2.59. The van der Waals surface area contributed by atoms with E-state index < -0.39 is 5.97 Å². The molecule has 0 radical (unpaired) electrons.